The van der Waals surface area contributed by atoms with Crippen molar-refractivity contribution in [3.8, 4) is 0 Å². The van der Waals surface area contributed by atoms with Crippen LogP contribution < -0.4 is 0 Å². The Morgan fingerprint density at radius 1 is 1.21 bits per heavy atom. The smallest absolute Gasteiger partial charge is 0.305 e. The molecule has 11 heteroatoms. The highest BCUT2D eigenvalue weighted by Crippen LogP contribution is 2.57. The number of aromatic nitrogens is 1. The first-order valence-electron chi connectivity index (χ1n) is 6.84. The van der Waals surface area contributed by atoms with Crippen LogP contribution in [0.25, 0.3) is 0 Å². The molecule has 136 valence electrons. The number of pyridine rings is 1. The molecule has 1 heterocycles. The SMILES string of the molecule is CCOP(=O)(OCC)/C(=N/c1ncccc1C)C(F)(F)C(F)(F)F. The Labute approximate surface area is 135 Å². The van der Waals surface area contributed by atoms with E-state index in [2.05, 4.69) is 19.0 Å². The van der Waals surface area contributed by atoms with Crippen molar-refractivity contribution in [1.29, 1.82) is 0 Å². The van der Waals surface area contributed by atoms with E-state index in [4.69, 9.17) is 0 Å². The van der Waals surface area contributed by atoms with Gasteiger partial charge < -0.3 is 9.05 Å². The Balaban J connectivity index is 3.65. The first kappa shape index (κ1) is 20.7. The van der Waals surface area contributed by atoms with E-state index in [1.54, 1.807) is 0 Å². The molecule has 1 rings (SSSR count). The zero-order valence-corrected chi connectivity index (χ0v) is 14.0. The fraction of sp³-hybridized carbons (Fsp3) is 0.538. The molecule has 0 unspecified atom stereocenters. The predicted molar refractivity (Wildman–Crippen MR) is 77.9 cm³/mol. The molecular weight excluding hydrogens is 358 g/mol. The molecule has 0 fully saturated rings. The molecule has 0 aliphatic heterocycles. The number of halogens is 5. The highest BCUT2D eigenvalue weighted by atomic mass is 31.2. The zero-order chi connectivity index (χ0) is 18.6. The van der Waals surface area contributed by atoms with Gasteiger partial charge in [0, 0.05) is 6.20 Å². The van der Waals surface area contributed by atoms with Gasteiger partial charge in [-0.25, -0.2) is 9.98 Å². The summed E-state index contributed by atoms with van der Waals surface area (Å²) in [6.45, 7) is 3.14. The van der Waals surface area contributed by atoms with E-state index < -0.39 is 44.2 Å². The van der Waals surface area contributed by atoms with Gasteiger partial charge in [-0.3, -0.25) is 4.57 Å². The van der Waals surface area contributed by atoms with Crippen LogP contribution in [0.5, 0.6) is 0 Å². The normalized spacial score (nSPS) is 14.1. The Kier molecular flexibility index (Phi) is 6.60. The molecule has 0 aliphatic carbocycles. The lowest BCUT2D eigenvalue weighted by Gasteiger charge is -2.26. The van der Waals surface area contributed by atoms with Crippen LogP contribution in [-0.2, 0) is 13.6 Å². The summed E-state index contributed by atoms with van der Waals surface area (Å²) in [6.07, 6.45) is -4.88. The maximum absolute atomic E-state index is 13.9. The average Bonchev–Trinajstić information content (AvgIpc) is 2.45. The van der Waals surface area contributed by atoms with Gasteiger partial charge in [0.05, 0.1) is 13.2 Å². The zero-order valence-electron chi connectivity index (χ0n) is 13.1. The van der Waals surface area contributed by atoms with Gasteiger partial charge in [0.15, 0.2) is 5.82 Å². The summed E-state index contributed by atoms with van der Waals surface area (Å²) in [5, 5.41) is 0. The second-order valence-corrected chi connectivity index (χ2v) is 6.42. The van der Waals surface area contributed by atoms with E-state index in [1.165, 1.54) is 32.9 Å². The van der Waals surface area contributed by atoms with E-state index in [-0.39, 0.29) is 5.56 Å². The van der Waals surface area contributed by atoms with Gasteiger partial charge >= 0.3 is 19.7 Å². The standard InChI is InChI=1S/C13H16F5N2O3P/c1-4-22-24(21,23-5-2)11(12(14,15)13(16,17)18)20-10-9(3)7-6-8-19-10/h6-8H,4-5H2,1-3H3/b20-11+. The van der Waals surface area contributed by atoms with Crippen molar-refractivity contribution >= 4 is 18.9 Å². The van der Waals surface area contributed by atoms with E-state index in [0.717, 1.165) is 6.20 Å². The van der Waals surface area contributed by atoms with Crippen molar-refractivity contribution in [2.75, 3.05) is 13.2 Å². The second-order valence-electron chi connectivity index (χ2n) is 4.48. The second kappa shape index (κ2) is 7.67. The Hall–Kier alpha value is -1.38. The number of hydrogen-bond donors (Lipinski definition) is 0. The maximum atomic E-state index is 13.9. The molecule has 24 heavy (non-hydrogen) atoms. The molecule has 0 amide bonds. The van der Waals surface area contributed by atoms with Gasteiger partial charge in [0.2, 0.25) is 5.45 Å². The highest BCUT2D eigenvalue weighted by molar-refractivity contribution is 7.72. The molecule has 0 radical (unpaired) electrons. The van der Waals surface area contributed by atoms with E-state index in [1.807, 2.05) is 0 Å². The van der Waals surface area contributed by atoms with Crippen LogP contribution in [0, 0.1) is 6.92 Å². The first-order chi connectivity index (χ1) is 11.0. The van der Waals surface area contributed by atoms with Crippen molar-refractivity contribution in [3.05, 3.63) is 23.9 Å². The lowest BCUT2D eigenvalue weighted by atomic mass is 10.3. The highest BCUT2D eigenvalue weighted by Gasteiger charge is 2.66. The van der Waals surface area contributed by atoms with Crippen LogP contribution in [0.15, 0.2) is 23.3 Å². The largest absolute Gasteiger partial charge is 0.460 e. The minimum Gasteiger partial charge on any atom is -0.305 e. The average molecular weight is 374 g/mol. The third-order valence-corrected chi connectivity index (χ3v) is 4.78. The number of nitrogens with zero attached hydrogens (tertiary/aromatic N) is 2. The van der Waals surface area contributed by atoms with Crippen LogP contribution in [-0.4, -0.2) is 35.7 Å². The van der Waals surface area contributed by atoms with Gasteiger partial charge in [-0.05, 0) is 32.4 Å². The van der Waals surface area contributed by atoms with Crippen LogP contribution in [0.2, 0.25) is 0 Å². The molecule has 0 saturated carbocycles. The minimum absolute atomic E-state index is 0.215. The van der Waals surface area contributed by atoms with E-state index in [9.17, 15) is 26.5 Å². The molecule has 0 aliphatic rings. The molecule has 0 N–H and O–H groups in total. The molecule has 0 aromatic carbocycles. The van der Waals surface area contributed by atoms with Crippen LogP contribution >= 0.6 is 7.60 Å². The molecule has 5 nitrogen and oxygen atoms in total. The number of aliphatic imine (C=N–C) groups is 1. The van der Waals surface area contributed by atoms with Gasteiger partial charge in [-0.15, -0.1) is 0 Å². The molecule has 1 aromatic heterocycles. The van der Waals surface area contributed by atoms with Gasteiger partial charge in [-0.2, -0.15) is 22.0 Å². The molecule has 1 aromatic rings. The van der Waals surface area contributed by atoms with Gasteiger partial charge in [-0.1, -0.05) is 6.07 Å². The van der Waals surface area contributed by atoms with Crippen molar-refractivity contribution in [2.24, 2.45) is 4.99 Å². The van der Waals surface area contributed by atoms with Crippen molar-refractivity contribution in [2.45, 2.75) is 32.9 Å². The fourth-order valence-electron chi connectivity index (χ4n) is 1.62. The number of rotatable bonds is 7. The summed E-state index contributed by atoms with van der Waals surface area (Å²) in [4.78, 5) is 6.86. The Morgan fingerprint density at radius 2 is 1.75 bits per heavy atom. The molecule has 0 saturated heterocycles. The number of hydrogen-bond acceptors (Lipinski definition) is 5. The van der Waals surface area contributed by atoms with Crippen molar-refractivity contribution in [1.82, 2.24) is 4.98 Å². The molecular formula is C13H16F5N2O3P. The summed E-state index contributed by atoms with van der Waals surface area (Å²) in [5.41, 5.74) is -1.82. The predicted octanol–water partition coefficient (Wildman–Crippen LogP) is 4.88. The molecule has 0 spiro atoms. The summed E-state index contributed by atoms with van der Waals surface area (Å²) in [7, 11) is -4.99. The van der Waals surface area contributed by atoms with Crippen LogP contribution in [0.4, 0.5) is 27.8 Å². The van der Waals surface area contributed by atoms with Crippen LogP contribution in [0.3, 0.4) is 0 Å². The lowest BCUT2D eigenvalue weighted by molar-refractivity contribution is -0.248. The van der Waals surface area contributed by atoms with E-state index in [0.29, 0.717) is 0 Å². The molecule has 0 bridgehead atoms. The molecule has 0 atom stereocenters. The minimum atomic E-state index is -6.03. The quantitative estimate of drug-likeness (QED) is 0.388. The Morgan fingerprint density at radius 3 is 2.17 bits per heavy atom. The number of alkyl halides is 5. The van der Waals surface area contributed by atoms with Crippen molar-refractivity contribution in [3.63, 3.8) is 0 Å². The number of aryl methyl sites for hydroxylation is 1. The van der Waals surface area contributed by atoms with Gasteiger partial charge in [0.25, 0.3) is 0 Å². The third kappa shape index (κ3) is 4.37. The van der Waals surface area contributed by atoms with E-state index >= 15 is 0 Å². The lowest BCUT2D eigenvalue weighted by Crippen LogP contribution is -2.44. The summed E-state index contributed by atoms with van der Waals surface area (Å²) < 4.78 is 88.1. The Bertz CT molecular complexity index is 639. The summed E-state index contributed by atoms with van der Waals surface area (Å²) in [6, 6.07) is 2.85. The first-order valence-corrected chi connectivity index (χ1v) is 8.38. The monoisotopic (exact) mass is 374 g/mol. The van der Waals surface area contributed by atoms with Crippen molar-refractivity contribution < 1.29 is 35.6 Å². The van der Waals surface area contributed by atoms with Gasteiger partial charge in [0.1, 0.15) is 0 Å². The topological polar surface area (TPSA) is 60.8 Å². The summed E-state index contributed by atoms with van der Waals surface area (Å²) >= 11 is 0. The van der Waals surface area contributed by atoms with Crippen LogP contribution in [0.1, 0.15) is 19.4 Å². The summed E-state index contributed by atoms with van der Waals surface area (Å²) in [5.74, 6) is -5.95. The maximum Gasteiger partial charge on any atom is 0.460 e. The fourth-order valence-corrected chi connectivity index (χ4v) is 3.31. The third-order valence-electron chi connectivity index (χ3n) is 2.69.